The molecule has 3 aliphatic heterocycles. The third kappa shape index (κ3) is 4.09. The highest BCUT2D eigenvalue weighted by atomic mass is 16.7. The quantitative estimate of drug-likeness (QED) is 0.750. The molecule has 8 heteroatoms. The van der Waals surface area contributed by atoms with Crippen LogP contribution in [0.25, 0.3) is 0 Å². The lowest BCUT2D eigenvalue weighted by molar-refractivity contribution is -0.181. The summed E-state index contributed by atoms with van der Waals surface area (Å²) in [5.41, 5.74) is 8.42. The molecular formula is C25H33N5O3. The zero-order valence-corrected chi connectivity index (χ0v) is 19.1. The van der Waals surface area contributed by atoms with Crippen LogP contribution in [0.3, 0.4) is 0 Å². The molecule has 176 valence electrons. The molecule has 1 unspecified atom stereocenters. The lowest BCUT2D eigenvalue weighted by Crippen LogP contribution is -2.41. The van der Waals surface area contributed by atoms with Crippen LogP contribution in [0, 0.1) is 0 Å². The molecule has 1 aromatic heterocycles. The number of piperidine rings is 1. The van der Waals surface area contributed by atoms with Crippen molar-refractivity contribution >= 4 is 5.91 Å². The van der Waals surface area contributed by atoms with Gasteiger partial charge in [0.05, 0.1) is 31.1 Å². The molecule has 2 aromatic rings. The zero-order chi connectivity index (χ0) is 22.4. The van der Waals surface area contributed by atoms with Crippen molar-refractivity contribution in [3.8, 4) is 0 Å². The van der Waals surface area contributed by atoms with Crippen molar-refractivity contribution in [2.75, 3.05) is 13.2 Å². The summed E-state index contributed by atoms with van der Waals surface area (Å²) in [6.07, 6.45) is 10.8. The molecule has 2 bridgehead atoms. The Kier molecular flexibility index (Phi) is 5.47. The summed E-state index contributed by atoms with van der Waals surface area (Å²) < 4.78 is 13.8. The van der Waals surface area contributed by atoms with Gasteiger partial charge in [0.15, 0.2) is 5.79 Å². The average molecular weight is 452 g/mol. The Balaban J connectivity index is 1.09. The van der Waals surface area contributed by atoms with Crippen molar-refractivity contribution in [2.45, 2.75) is 87.7 Å². The molecule has 33 heavy (non-hydrogen) atoms. The number of primary amides is 1. The van der Waals surface area contributed by atoms with Crippen LogP contribution in [0.2, 0.25) is 0 Å². The van der Waals surface area contributed by atoms with E-state index in [4.69, 9.17) is 15.2 Å². The van der Waals surface area contributed by atoms with Gasteiger partial charge in [0.1, 0.15) is 0 Å². The maximum atomic E-state index is 11.6. The highest BCUT2D eigenvalue weighted by Crippen LogP contribution is 2.44. The monoisotopic (exact) mass is 451 g/mol. The number of benzene rings is 1. The minimum atomic E-state index is -0.350. The van der Waals surface area contributed by atoms with E-state index in [1.54, 1.807) is 6.07 Å². The van der Waals surface area contributed by atoms with E-state index in [-0.39, 0.29) is 11.7 Å². The van der Waals surface area contributed by atoms with Crippen molar-refractivity contribution in [3.05, 3.63) is 47.3 Å². The van der Waals surface area contributed by atoms with Crippen LogP contribution in [-0.4, -0.2) is 56.9 Å². The second-order valence-electron chi connectivity index (χ2n) is 10.2. The van der Waals surface area contributed by atoms with Gasteiger partial charge in [-0.1, -0.05) is 17.3 Å². The van der Waals surface area contributed by atoms with Gasteiger partial charge in [0.2, 0.25) is 5.91 Å². The number of ether oxygens (including phenoxy) is 2. The van der Waals surface area contributed by atoms with E-state index in [2.05, 4.69) is 32.2 Å². The molecule has 1 aliphatic carbocycles. The first kappa shape index (κ1) is 21.3. The highest BCUT2D eigenvalue weighted by molar-refractivity contribution is 5.92. The van der Waals surface area contributed by atoms with E-state index in [1.807, 2.05) is 12.1 Å². The molecule has 1 saturated carbocycles. The standard InChI is InChI=1S/C25H33N5O3/c26-24(31)18-3-1-2-17(12-18)19-13-22-4-5-23(14-19)29(22)15-20-16-30(28-27-20)21-6-8-25(9-7-21)32-10-11-33-25/h1-3,12,16,19,21-23H,4-11,13-15H2,(H2,26,31)/t19?,22-,23+. The highest BCUT2D eigenvalue weighted by Gasteiger charge is 2.42. The van der Waals surface area contributed by atoms with E-state index < -0.39 is 0 Å². The molecule has 6 rings (SSSR count). The number of fused-ring (bicyclic) bond motifs is 2. The molecule has 0 radical (unpaired) electrons. The summed E-state index contributed by atoms with van der Waals surface area (Å²) in [5.74, 6) is -0.194. The number of carbonyl (C=O) groups is 1. The Morgan fingerprint density at radius 3 is 2.48 bits per heavy atom. The Morgan fingerprint density at radius 2 is 1.79 bits per heavy atom. The number of amides is 1. The smallest absolute Gasteiger partial charge is 0.248 e. The molecule has 3 saturated heterocycles. The van der Waals surface area contributed by atoms with Crippen LogP contribution < -0.4 is 5.73 Å². The lowest BCUT2D eigenvalue weighted by Gasteiger charge is -2.38. The van der Waals surface area contributed by atoms with E-state index in [0.717, 1.165) is 50.8 Å². The Bertz CT molecular complexity index is 993. The molecule has 1 aromatic carbocycles. The van der Waals surface area contributed by atoms with Gasteiger partial charge in [0, 0.05) is 37.0 Å². The van der Waals surface area contributed by atoms with Gasteiger partial charge in [-0.15, -0.1) is 5.10 Å². The van der Waals surface area contributed by atoms with Gasteiger partial charge < -0.3 is 15.2 Å². The predicted molar refractivity (Wildman–Crippen MR) is 121 cm³/mol. The SMILES string of the molecule is NC(=O)c1cccc(C2C[C@H]3CC[C@@H](C2)N3Cc2cn(C3CCC4(CC3)OCCO4)nn2)c1. The topological polar surface area (TPSA) is 95.5 Å². The predicted octanol–water partition coefficient (Wildman–Crippen LogP) is 3.15. The maximum Gasteiger partial charge on any atom is 0.248 e. The van der Waals surface area contributed by atoms with Gasteiger partial charge in [-0.2, -0.15) is 0 Å². The van der Waals surface area contributed by atoms with Crippen molar-refractivity contribution in [1.82, 2.24) is 19.9 Å². The fourth-order valence-corrected chi connectivity index (χ4v) is 6.59. The van der Waals surface area contributed by atoms with Crippen LogP contribution in [0.15, 0.2) is 30.5 Å². The summed E-state index contributed by atoms with van der Waals surface area (Å²) in [7, 11) is 0. The first-order chi connectivity index (χ1) is 16.1. The van der Waals surface area contributed by atoms with Crippen molar-refractivity contribution in [1.29, 1.82) is 0 Å². The second-order valence-corrected chi connectivity index (χ2v) is 10.2. The molecule has 4 fully saturated rings. The normalized spacial score (nSPS) is 29.6. The van der Waals surface area contributed by atoms with E-state index in [9.17, 15) is 4.79 Å². The van der Waals surface area contributed by atoms with Crippen LogP contribution in [0.4, 0.5) is 0 Å². The van der Waals surface area contributed by atoms with Crippen molar-refractivity contribution in [2.24, 2.45) is 5.73 Å². The summed E-state index contributed by atoms with van der Waals surface area (Å²) in [5, 5.41) is 9.03. The largest absolute Gasteiger partial charge is 0.366 e. The molecule has 3 atom stereocenters. The number of hydrogen-bond donors (Lipinski definition) is 1. The first-order valence-electron chi connectivity index (χ1n) is 12.4. The number of carbonyl (C=O) groups excluding carboxylic acids is 1. The average Bonchev–Trinajstić information content (AvgIpc) is 3.54. The lowest BCUT2D eigenvalue weighted by atomic mass is 9.84. The minimum absolute atomic E-state index is 0.333. The Labute approximate surface area is 194 Å². The zero-order valence-electron chi connectivity index (χ0n) is 19.1. The molecule has 4 aliphatic rings. The Hall–Kier alpha value is -2.29. The van der Waals surface area contributed by atoms with Gasteiger partial charge in [0.25, 0.3) is 0 Å². The number of rotatable bonds is 5. The summed E-state index contributed by atoms with van der Waals surface area (Å²) in [4.78, 5) is 14.2. The maximum absolute atomic E-state index is 11.6. The number of nitrogens with zero attached hydrogens (tertiary/aromatic N) is 4. The summed E-state index contributed by atoms with van der Waals surface area (Å²) >= 11 is 0. The van der Waals surface area contributed by atoms with E-state index in [0.29, 0.717) is 42.8 Å². The van der Waals surface area contributed by atoms with Crippen LogP contribution >= 0.6 is 0 Å². The molecule has 4 heterocycles. The molecular weight excluding hydrogens is 418 g/mol. The van der Waals surface area contributed by atoms with E-state index in [1.165, 1.54) is 18.4 Å². The molecule has 1 spiro atoms. The molecule has 1 amide bonds. The molecule has 2 N–H and O–H groups in total. The fourth-order valence-electron chi connectivity index (χ4n) is 6.59. The number of hydrogen-bond acceptors (Lipinski definition) is 6. The summed E-state index contributed by atoms with van der Waals surface area (Å²) in [6.45, 7) is 2.30. The first-order valence-corrected chi connectivity index (χ1v) is 12.4. The van der Waals surface area contributed by atoms with Crippen LogP contribution in [-0.2, 0) is 16.0 Å². The fraction of sp³-hybridized carbons (Fsp3) is 0.640. The minimum Gasteiger partial charge on any atom is -0.366 e. The van der Waals surface area contributed by atoms with Gasteiger partial charge in [-0.3, -0.25) is 9.69 Å². The molecule has 8 nitrogen and oxygen atoms in total. The van der Waals surface area contributed by atoms with Crippen LogP contribution in [0.5, 0.6) is 0 Å². The third-order valence-corrected chi connectivity index (χ3v) is 8.33. The van der Waals surface area contributed by atoms with Gasteiger partial charge in [-0.25, -0.2) is 4.68 Å². The van der Waals surface area contributed by atoms with Crippen molar-refractivity contribution < 1.29 is 14.3 Å². The van der Waals surface area contributed by atoms with Crippen molar-refractivity contribution in [3.63, 3.8) is 0 Å². The second kappa shape index (κ2) is 8.49. The third-order valence-electron chi connectivity index (χ3n) is 8.33. The van der Waals surface area contributed by atoms with Gasteiger partial charge in [-0.05, 0) is 62.1 Å². The summed E-state index contributed by atoms with van der Waals surface area (Å²) in [6, 6.07) is 9.39. The number of aromatic nitrogens is 3. The van der Waals surface area contributed by atoms with E-state index >= 15 is 0 Å². The van der Waals surface area contributed by atoms with Gasteiger partial charge >= 0.3 is 0 Å². The number of nitrogens with two attached hydrogens (primary N) is 1. The van der Waals surface area contributed by atoms with Crippen LogP contribution in [0.1, 0.15) is 84.9 Å². The Morgan fingerprint density at radius 1 is 1.06 bits per heavy atom.